The van der Waals surface area contributed by atoms with Crippen molar-refractivity contribution in [3.05, 3.63) is 45.1 Å². The van der Waals surface area contributed by atoms with Crippen LogP contribution in [-0.2, 0) is 20.8 Å². The number of allylic oxidation sites excluding steroid dienone is 2. The van der Waals surface area contributed by atoms with Gasteiger partial charge in [0.15, 0.2) is 5.78 Å². The fourth-order valence-corrected chi connectivity index (χ4v) is 3.47. The molecule has 0 aromatic heterocycles. The Morgan fingerprint density at radius 2 is 1.96 bits per heavy atom. The fourth-order valence-electron chi connectivity index (χ4n) is 2.90. The molecule has 1 aliphatic carbocycles. The summed E-state index contributed by atoms with van der Waals surface area (Å²) in [6.45, 7) is 3.45. The zero-order valence-corrected chi connectivity index (χ0v) is 15.2. The second-order valence-corrected chi connectivity index (χ2v) is 6.88. The van der Waals surface area contributed by atoms with Gasteiger partial charge in [-0.1, -0.05) is 23.2 Å². The zero-order chi connectivity index (χ0) is 17.8. The molecule has 1 aromatic carbocycles. The van der Waals surface area contributed by atoms with E-state index in [1.165, 1.54) is 6.08 Å². The van der Waals surface area contributed by atoms with Crippen LogP contribution in [0.15, 0.2) is 24.0 Å². The third kappa shape index (κ3) is 4.61. The summed E-state index contributed by atoms with van der Waals surface area (Å²) in [6, 6.07) is 3.21. The van der Waals surface area contributed by atoms with Crippen LogP contribution in [0.4, 0.5) is 0 Å². The molecule has 2 aliphatic rings. The molecule has 1 saturated heterocycles. The van der Waals surface area contributed by atoms with E-state index in [2.05, 4.69) is 4.90 Å². The van der Waals surface area contributed by atoms with Gasteiger partial charge in [-0.05, 0) is 18.6 Å². The first-order chi connectivity index (χ1) is 12.0. The van der Waals surface area contributed by atoms with Crippen molar-refractivity contribution in [2.75, 3.05) is 26.3 Å². The van der Waals surface area contributed by atoms with E-state index in [0.29, 0.717) is 60.4 Å². The van der Waals surface area contributed by atoms with Crippen LogP contribution in [0.5, 0.6) is 0 Å². The predicted octanol–water partition coefficient (Wildman–Crippen LogP) is 3.62. The molecule has 1 aliphatic heterocycles. The highest BCUT2D eigenvalue weighted by Gasteiger charge is 2.22. The van der Waals surface area contributed by atoms with Crippen LogP contribution in [0.2, 0.25) is 10.0 Å². The van der Waals surface area contributed by atoms with Gasteiger partial charge in [0, 0.05) is 49.1 Å². The third-order valence-corrected chi connectivity index (χ3v) is 5.07. The number of morpholine rings is 1. The van der Waals surface area contributed by atoms with Gasteiger partial charge in [0.25, 0.3) is 0 Å². The monoisotopic (exact) mass is 383 g/mol. The normalized spacial score (nSPS) is 18.8. The van der Waals surface area contributed by atoms with E-state index in [0.717, 1.165) is 13.1 Å². The quantitative estimate of drug-likeness (QED) is 0.743. The number of ketones is 1. The lowest BCUT2D eigenvalue weighted by Crippen LogP contribution is -2.35. The van der Waals surface area contributed by atoms with Gasteiger partial charge in [0.1, 0.15) is 5.76 Å². The Hall–Kier alpha value is -1.40. The molecule has 1 fully saturated rings. The predicted molar refractivity (Wildman–Crippen MR) is 94.9 cm³/mol. The topological polar surface area (TPSA) is 55.8 Å². The van der Waals surface area contributed by atoms with Crippen LogP contribution >= 0.6 is 23.2 Å². The van der Waals surface area contributed by atoms with Gasteiger partial charge in [-0.2, -0.15) is 0 Å². The average molecular weight is 384 g/mol. The molecule has 0 N–H and O–H groups in total. The summed E-state index contributed by atoms with van der Waals surface area (Å²) in [5.41, 5.74) is 0.960. The third-order valence-electron chi connectivity index (χ3n) is 4.28. The van der Waals surface area contributed by atoms with Crippen molar-refractivity contribution >= 4 is 35.0 Å². The summed E-state index contributed by atoms with van der Waals surface area (Å²) in [5.74, 6) is -0.197. The Kier molecular flexibility index (Phi) is 6.12. The van der Waals surface area contributed by atoms with Crippen molar-refractivity contribution in [1.82, 2.24) is 4.90 Å². The molecule has 0 unspecified atom stereocenters. The Bertz CT molecular complexity index is 711. The zero-order valence-electron chi connectivity index (χ0n) is 13.7. The molecule has 0 saturated carbocycles. The molecule has 0 bridgehead atoms. The van der Waals surface area contributed by atoms with Gasteiger partial charge < -0.3 is 9.47 Å². The highest BCUT2D eigenvalue weighted by Crippen LogP contribution is 2.31. The molecule has 0 amide bonds. The van der Waals surface area contributed by atoms with Crippen LogP contribution in [0, 0.1) is 0 Å². The lowest BCUT2D eigenvalue weighted by molar-refractivity contribution is -0.115. The van der Waals surface area contributed by atoms with Crippen LogP contribution in [-0.4, -0.2) is 43.0 Å². The first-order valence-electron chi connectivity index (χ1n) is 8.27. The molecule has 0 spiro atoms. The molecule has 5 nitrogen and oxygen atoms in total. The highest BCUT2D eigenvalue weighted by molar-refractivity contribution is 6.38. The first-order valence-corrected chi connectivity index (χ1v) is 9.03. The molecular weight excluding hydrogens is 365 g/mol. The number of ether oxygens (including phenoxy) is 2. The summed E-state index contributed by atoms with van der Waals surface area (Å²) in [6.07, 6.45) is 3.14. The SMILES string of the molecule is O=C1C=C(OC(=O)c2ccc(Cl)c(CN3CCOCC3)c2Cl)CCC1. The lowest BCUT2D eigenvalue weighted by Gasteiger charge is -2.27. The van der Waals surface area contributed by atoms with E-state index in [9.17, 15) is 9.59 Å². The highest BCUT2D eigenvalue weighted by atomic mass is 35.5. The van der Waals surface area contributed by atoms with Gasteiger partial charge in [0.05, 0.1) is 23.8 Å². The number of carbonyl (C=O) groups is 2. The minimum absolute atomic E-state index is 0.0238. The molecule has 1 aromatic rings. The lowest BCUT2D eigenvalue weighted by atomic mass is 10.1. The van der Waals surface area contributed by atoms with Gasteiger partial charge in [0.2, 0.25) is 0 Å². The first kappa shape index (κ1) is 18.4. The van der Waals surface area contributed by atoms with E-state index in [-0.39, 0.29) is 11.3 Å². The van der Waals surface area contributed by atoms with Crippen LogP contribution in [0.1, 0.15) is 35.2 Å². The van der Waals surface area contributed by atoms with Crippen molar-refractivity contribution in [3.8, 4) is 0 Å². The van der Waals surface area contributed by atoms with Gasteiger partial charge in [-0.15, -0.1) is 0 Å². The molecule has 1 heterocycles. The minimum Gasteiger partial charge on any atom is -0.427 e. The van der Waals surface area contributed by atoms with Gasteiger partial charge in [-0.25, -0.2) is 4.79 Å². The van der Waals surface area contributed by atoms with Crippen molar-refractivity contribution < 1.29 is 19.1 Å². The van der Waals surface area contributed by atoms with E-state index in [1.54, 1.807) is 12.1 Å². The van der Waals surface area contributed by atoms with Crippen molar-refractivity contribution in [2.45, 2.75) is 25.8 Å². The van der Waals surface area contributed by atoms with Crippen LogP contribution < -0.4 is 0 Å². The summed E-state index contributed by atoms with van der Waals surface area (Å²) >= 11 is 12.7. The number of rotatable bonds is 4. The van der Waals surface area contributed by atoms with Crippen molar-refractivity contribution in [1.29, 1.82) is 0 Å². The Labute approximate surface area is 156 Å². The van der Waals surface area contributed by atoms with E-state index >= 15 is 0 Å². The molecule has 25 heavy (non-hydrogen) atoms. The molecule has 0 atom stereocenters. The molecular formula is C18H19Cl2NO4. The number of esters is 1. The van der Waals surface area contributed by atoms with Crippen molar-refractivity contribution in [2.24, 2.45) is 0 Å². The average Bonchev–Trinajstić information content (AvgIpc) is 2.59. The van der Waals surface area contributed by atoms with Gasteiger partial charge >= 0.3 is 5.97 Å². The number of carbonyl (C=O) groups excluding carboxylic acids is 2. The van der Waals surface area contributed by atoms with Crippen molar-refractivity contribution in [3.63, 3.8) is 0 Å². The number of hydrogen-bond acceptors (Lipinski definition) is 5. The fraction of sp³-hybridized carbons (Fsp3) is 0.444. The Morgan fingerprint density at radius 1 is 1.20 bits per heavy atom. The maximum Gasteiger partial charge on any atom is 0.344 e. The Balaban J connectivity index is 1.78. The number of halogens is 2. The standard InChI is InChI=1S/C18H19Cl2NO4/c19-16-5-4-14(18(23)25-13-3-1-2-12(22)10-13)17(20)15(16)11-21-6-8-24-9-7-21/h4-5,10H,1-3,6-9,11H2. The summed E-state index contributed by atoms with van der Waals surface area (Å²) < 4.78 is 10.7. The molecule has 7 heteroatoms. The number of nitrogens with zero attached hydrogens (tertiary/aromatic N) is 1. The second-order valence-electron chi connectivity index (χ2n) is 6.10. The molecule has 3 rings (SSSR count). The van der Waals surface area contributed by atoms with Crippen LogP contribution in [0.3, 0.4) is 0 Å². The molecule has 0 radical (unpaired) electrons. The van der Waals surface area contributed by atoms with Gasteiger partial charge in [-0.3, -0.25) is 9.69 Å². The second kappa shape index (κ2) is 8.32. The largest absolute Gasteiger partial charge is 0.427 e. The number of benzene rings is 1. The number of hydrogen-bond donors (Lipinski definition) is 0. The smallest absolute Gasteiger partial charge is 0.344 e. The summed E-state index contributed by atoms with van der Waals surface area (Å²) in [7, 11) is 0. The summed E-state index contributed by atoms with van der Waals surface area (Å²) in [5, 5.41) is 0.812. The minimum atomic E-state index is -0.564. The summed E-state index contributed by atoms with van der Waals surface area (Å²) in [4.78, 5) is 26.1. The molecule has 134 valence electrons. The van der Waals surface area contributed by atoms with Crippen LogP contribution in [0.25, 0.3) is 0 Å². The maximum absolute atomic E-state index is 12.5. The van der Waals surface area contributed by atoms with E-state index in [1.807, 2.05) is 0 Å². The Morgan fingerprint density at radius 3 is 2.68 bits per heavy atom. The van der Waals surface area contributed by atoms with E-state index in [4.69, 9.17) is 32.7 Å². The maximum atomic E-state index is 12.5. The van der Waals surface area contributed by atoms with E-state index < -0.39 is 5.97 Å².